The number of hydrogen-bond acceptors (Lipinski definition) is 3. The topological polar surface area (TPSA) is 44.1 Å². The zero-order valence-corrected chi connectivity index (χ0v) is 15.8. The van der Waals surface area contributed by atoms with Crippen LogP contribution in [0.4, 0.5) is 0 Å². The van der Waals surface area contributed by atoms with E-state index in [4.69, 9.17) is 4.74 Å². The third kappa shape index (κ3) is 3.59. The van der Waals surface area contributed by atoms with Crippen molar-refractivity contribution in [1.29, 1.82) is 0 Å². The van der Waals surface area contributed by atoms with Gasteiger partial charge >= 0.3 is 0 Å². The van der Waals surface area contributed by atoms with Gasteiger partial charge in [0.15, 0.2) is 5.78 Å². The number of hydrogen-bond donors (Lipinski definition) is 0. The minimum atomic E-state index is -0.241. The van der Waals surface area contributed by atoms with Gasteiger partial charge in [-0.1, -0.05) is 56.2 Å². The number of ether oxygens (including phenoxy) is 1. The van der Waals surface area contributed by atoms with Gasteiger partial charge in [-0.15, -0.1) is 0 Å². The van der Waals surface area contributed by atoms with Gasteiger partial charge in [-0.25, -0.2) is 4.98 Å². The molecule has 1 heterocycles. The molecular formula is C22H28N2O2. The highest BCUT2D eigenvalue weighted by Crippen LogP contribution is 2.45. The highest BCUT2D eigenvalue weighted by Gasteiger charge is 2.39. The number of allylic oxidation sites excluding steroid dienone is 1. The second-order valence-corrected chi connectivity index (χ2v) is 7.34. The average Bonchev–Trinajstić information content (AvgIpc) is 3.18. The maximum atomic E-state index is 13.2. The van der Waals surface area contributed by atoms with E-state index in [0.29, 0.717) is 12.1 Å². The molecule has 1 aliphatic rings. The SMILES string of the molecule is C=C(OC)C1(CC(=O)c2cncn2C(C)c2ccccc2)CCCCC1. The Morgan fingerprint density at radius 1 is 1.27 bits per heavy atom. The molecule has 4 heteroatoms. The lowest BCUT2D eigenvalue weighted by atomic mass is 9.69. The number of aromatic nitrogens is 2. The van der Waals surface area contributed by atoms with Crippen molar-refractivity contribution >= 4 is 5.78 Å². The average molecular weight is 352 g/mol. The lowest BCUT2D eigenvalue weighted by molar-refractivity contribution is 0.0779. The van der Waals surface area contributed by atoms with Crippen LogP contribution in [0.3, 0.4) is 0 Å². The van der Waals surface area contributed by atoms with E-state index in [0.717, 1.165) is 37.0 Å². The normalized spacial score (nSPS) is 17.5. The van der Waals surface area contributed by atoms with Crippen LogP contribution in [0.15, 0.2) is 55.2 Å². The van der Waals surface area contributed by atoms with Gasteiger partial charge in [0.2, 0.25) is 0 Å². The van der Waals surface area contributed by atoms with Crippen molar-refractivity contribution in [2.45, 2.75) is 51.5 Å². The van der Waals surface area contributed by atoms with Gasteiger partial charge in [0.1, 0.15) is 5.69 Å². The van der Waals surface area contributed by atoms with E-state index in [9.17, 15) is 4.79 Å². The zero-order valence-electron chi connectivity index (χ0n) is 15.8. The molecule has 1 aromatic heterocycles. The first kappa shape index (κ1) is 18.4. The number of carbonyl (C=O) groups is 1. The largest absolute Gasteiger partial charge is 0.501 e. The van der Waals surface area contributed by atoms with Gasteiger partial charge in [-0.05, 0) is 25.3 Å². The maximum Gasteiger partial charge on any atom is 0.181 e. The van der Waals surface area contributed by atoms with Crippen LogP contribution in [0.5, 0.6) is 0 Å². The fraction of sp³-hybridized carbons (Fsp3) is 0.455. The van der Waals surface area contributed by atoms with Gasteiger partial charge in [0, 0.05) is 11.8 Å². The van der Waals surface area contributed by atoms with E-state index in [1.807, 2.05) is 22.8 Å². The summed E-state index contributed by atoms with van der Waals surface area (Å²) in [6.45, 7) is 6.21. The van der Waals surface area contributed by atoms with Crippen LogP contribution in [0.2, 0.25) is 0 Å². The fourth-order valence-electron chi connectivity index (χ4n) is 4.12. The number of carbonyl (C=O) groups excluding carboxylic acids is 1. The Kier molecular flexibility index (Phi) is 5.60. The van der Waals surface area contributed by atoms with E-state index >= 15 is 0 Å². The number of ketones is 1. The third-order valence-corrected chi connectivity index (χ3v) is 5.80. The van der Waals surface area contributed by atoms with E-state index < -0.39 is 0 Å². The Morgan fingerprint density at radius 3 is 2.62 bits per heavy atom. The number of nitrogens with zero attached hydrogens (tertiary/aromatic N) is 2. The molecule has 1 saturated carbocycles. The Balaban J connectivity index is 1.84. The Hall–Kier alpha value is -2.36. The van der Waals surface area contributed by atoms with Gasteiger partial charge < -0.3 is 9.30 Å². The molecule has 0 radical (unpaired) electrons. The molecule has 1 unspecified atom stereocenters. The van der Waals surface area contributed by atoms with E-state index in [1.165, 1.54) is 6.42 Å². The van der Waals surface area contributed by atoms with Crippen LogP contribution in [0, 0.1) is 5.41 Å². The molecule has 0 amide bonds. The second-order valence-electron chi connectivity index (χ2n) is 7.34. The summed E-state index contributed by atoms with van der Waals surface area (Å²) in [5.74, 6) is 0.859. The lowest BCUT2D eigenvalue weighted by Gasteiger charge is -2.37. The van der Waals surface area contributed by atoms with Crippen LogP contribution >= 0.6 is 0 Å². The Bertz CT molecular complexity index is 757. The summed E-state index contributed by atoms with van der Waals surface area (Å²) in [7, 11) is 1.66. The highest BCUT2D eigenvalue weighted by molar-refractivity contribution is 5.95. The molecule has 0 N–H and O–H groups in total. The van der Waals surface area contributed by atoms with E-state index in [-0.39, 0.29) is 17.2 Å². The molecular weight excluding hydrogens is 324 g/mol. The molecule has 1 aromatic carbocycles. The molecule has 0 saturated heterocycles. The van der Waals surface area contributed by atoms with Gasteiger partial charge in [-0.2, -0.15) is 0 Å². The molecule has 1 aliphatic carbocycles. The monoisotopic (exact) mass is 352 g/mol. The summed E-state index contributed by atoms with van der Waals surface area (Å²) < 4.78 is 7.47. The maximum absolute atomic E-state index is 13.2. The molecule has 0 aliphatic heterocycles. The molecule has 2 aromatic rings. The summed E-state index contributed by atoms with van der Waals surface area (Å²) in [5, 5.41) is 0. The minimum absolute atomic E-state index is 0.0607. The van der Waals surface area contributed by atoms with Crippen molar-refractivity contribution in [3.05, 3.63) is 66.5 Å². The fourth-order valence-corrected chi connectivity index (χ4v) is 4.12. The van der Waals surface area contributed by atoms with Crippen LogP contribution in [0.1, 0.15) is 67.5 Å². The van der Waals surface area contributed by atoms with Crippen molar-refractivity contribution in [2.75, 3.05) is 7.11 Å². The molecule has 4 nitrogen and oxygen atoms in total. The van der Waals surface area contributed by atoms with Crippen molar-refractivity contribution in [3.63, 3.8) is 0 Å². The van der Waals surface area contributed by atoms with E-state index in [1.54, 1.807) is 19.6 Å². The third-order valence-electron chi connectivity index (χ3n) is 5.80. The van der Waals surface area contributed by atoms with Crippen LogP contribution in [-0.4, -0.2) is 22.4 Å². The molecule has 0 spiro atoms. The predicted octanol–water partition coefficient (Wildman–Crippen LogP) is 5.18. The molecule has 138 valence electrons. The summed E-state index contributed by atoms with van der Waals surface area (Å²) in [5.41, 5.74) is 1.58. The number of imidazole rings is 1. The summed E-state index contributed by atoms with van der Waals surface area (Å²) in [4.78, 5) is 17.5. The van der Waals surface area contributed by atoms with Crippen LogP contribution < -0.4 is 0 Å². The van der Waals surface area contributed by atoms with Crippen molar-refractivity contribution in [2.24, 2.45) is 5.41 Å². The van der Waals surface area contributed by atoms with E-state index in [2.05, 4.69) is 30.6 Å². The quantitative estimate of drug-likeness (QED) is 0.510. The lowest BCUT2D eigenvalue weighted by Crippen LogP contribution is -2.31. The molecule has 1 fully saturated rings. The van der Waals surface area contributed by atoms with Gasteiger partial charge in [0.05, 0.1) is 31.4 Å². The Labute approximate surface area is 155 Å². The summed E-state index contributed by atoms with van der Waals surface area (Å²) in [6, 6.07) is 10.3. The Morgan fingerprint density at radius 2 is 1.96 bits per heavy atom. The highest BCUT2D eigenvalue weighted by atomic mass is 16.5. The molecule has 1 atom stereocenters. The number of rotatable bonds is 7. The van der Waals surface area contributed by atoms with Gasteiger partial charge in [-0.3, -0.25) is 4.79 Å². The smallest absolute Gasteiger partial charge is 0.181 e. The first-order valence-electron chi connectivity index (χ1n) is 9.41. The summed E-state index contributed by atoms with van der Waals surface area (Å²) in [6.07, 6.45) is 9.27. The van der Waals surface area contributed by atoms with Crippen molar-refractivity contribution < 1.29 is 9.53 Å². The zero-order chi connectivity index (χ0) is 18.6. The molecule has 26 heavy (non-hydrogen) atoms. The van der Waals surface area contributed by atoms with Crippen LogP contribution in [0.25, 0.3) is 0 Å². The summed E-state index contributed by atoms with van der Waals surface area (Å²) >= 11 is 0. The predicted molar refractivity (Wildman–Crippen MR) is 103 cm³/mol. The standard InChI is InChI=1S/C22H28N2O2/c1-17(19-10-6-4-7-11-19)24-16-23-15-20(24)21(25)14-22(18(2)26-3)12-8-5-9-13-22/h4,6-7,10-11,15-17H,2,5,8-9,12-14H2,1,3H3. The van der Waals surface area contributed by atoms with Crippen LogP contribution in [-0.2, 0) is 4.74 Å². The minimum Gasteiger partial charge on any atom is -0.501 e. The number of methoxy groups -OCH3 is 1. The second kappa shape index (κ2) is 7.90. The van der Waals surface area contributed by atoms with Crippen molar-refractivity contribution in [3.8, 4) is 0 Å². The number of Topliss-reactive ketones (excluding diaryl/α,β-unsaturated/α-hetero) is 1. The van der Waals surface area contributed by atoms with Crippen molar-refractivity contribution in [1.82, 2.24) is 9.55 Å². The first-order valence-corrected chi connectivity index (χ1v) is 9.41. The number of benzene rings is 1. The first-order chi connectivity index (χ1) is 12.6. The molecule has 3 rings (SSSR count). The molecule has 0 bridgehead atoms. The van der Waals surface area contributed by atoms with Gasteiger partial charge in [0.25, 0.3) is 0 Å².